The molecule has 1 amide bonds. The fourth-order valence-corrected chi connectivity index (χ4v) is 1.35. The van der Waals surface area contributed by atoms with Crippen LogP contribution in [0.25, 0.3) is 6.08 Å². The minimum atomic E-state index is -0.935. The Morgan fingerprint density at radius 1 is 1.38 bits per heavy atom. The summed E-state index contributed by atoms with van der Waals surface area (Å²) < 4.78 is 9.70. The van der Waals surface area contributed by atoms with E-state index >= 15 is 0 Å². The van der Waals surface area contributed by atoms with Crippen molar-refractivity contribution in [2.45, 2.75) is 32.9 Å². The Kier molecular flexibility index (Phi) is 5.65. The predicted octanol–water partition coefficient (Wildman–Crippen LogP) is 1.66. The van der Waals surface area contributed by atoms with Crippen LogP contribution in [0.15, 0.2) is 22.6 Å². The zero-order chi connectivity index (χ0) is 16.0. The molecule has 0 aliphatic rings. The van der Waals surface area contributed by atoms with E-state index < -0.39 is 28.8 Å². The Bertz CT molecular complexity index is 561. The molecule has 8 heteroatoms. The smallest absolute Gasteiger partial charge is 0.433 e. The van der Waals surface area contributed by atoms with Crippen LogP contribution in [0.1, 0.15) is 26.5 Å². The van der Waals surface area contributed by atoms with Crippen LogP contribution in [0, 0.1) is 10.1 Å². The zero-order valence-electron chi connectivity index (χ0n) is 11.9. The normalized spacial score (nSPS) is 12.4. The highest BCUT2D eigenvalue weighted by atomic mass is 16.6. The minimum absolute atomic E-state index is 0.0575. The fraction of sp³-hybridized carbons (Fsp3) is 0.385. The van der Waals surface area contributed by atoms with Gasteiger partial charge in [0.25, 0.3) is 5.91 Å². The maximum Gasteiger partial charge on any atom is 0.433 e. The van der Waals surface area contributed by atoms with Gasteiger partial charge in [-0.3, -0.25) is 14.9 Å². The average Bonchev–Trinajstić information content (AvgIpc) is 2.84. The lowest BCUT2D eigenvalue weighted by Gasteiger charge is -2.14. The fourth-order valence-electron chi connectivity index (χ4n) is 1.35. The van der Waals surface area contributed by atoms with Crippen molar-refractivity contribution in [1.29, 1.82) is 0 Å². The van der Waals surface area contributed by atoms with Gasteiger partial charge in [-0.05, 0) is 32.9 Å². The summed E-state index contributed by atoms with van der Waals surface area (Å²) in [5, 5.41) is 13.0. The number of esters is 1. The molecule has 0 aliphatic heterocycles. The first kappa shape index (κ1) is 16.4. The minimum Gasteiger partial charge on any atom is -0.449 e. The van der Waals surface area contributed by atoms with Crippen molar-refractivity contribution in [3.63, 3.8) is 0 Å². The first-order valence-corrected chi connectivity index (χ1v) is 6.23. The first-order valence-electron chi connectivity index (χ1n) is 6.23. The molecule has 0 spiro atoms. The molecule has 1 aromatic heterocycles. The Balaban J connectivity index is 2.54. The van der Waals surface area contributed by atoms with Crippen molar-refractivity contribution in [2.75, 3.05) is 0 Å². The van der Waals surface area contributed by atoms with Gasteiger partial charge in [0.2, 0.25) is 0 Å². The number of hydrogen-bond acceptors (Lipinski definition) is 6. The van der Waals surface area contributed by atoms with Gasteiger partial charge in [-0.15, -0.1) is 0 Å². The highest BCUT2D eigenvalue weighted by molar-refractivity contribution is 5.90. The van der Waals surface area contributed by atoms with Crippen LogP contribution in [0.3, 0.4) is 0 Å². The third-order valence-electron chi connectivity index (χ3n) is 2.27. The second-order valence-electron chi connectivity index (χ2n) is 4.51. The van der Waals surface area contributed by atoms with Crippen molar-refractivity contribution in [3.8, 4) is 0 Å². The number of nitro groups is 1. The third kappa shape index (κ3) is 5.47. The van der Waals surface area contributed by atoms with E-state index in [1.54, 1.807) is 13.8 Å². The largest absolute Gasteiger partial charge is 0.449 e. The lowest BCUT2D eigenvalue weighted by atomic mass is 10.3. The van der Waals surface area contributed by atoms with Gasteiger partial charge in [0.15, 0.2) is 6.10 Å². The van der Waals surface area contributed by atoms with Crippen LogP contribution in [0.2, 0.25) is 0 Å². The second kappa shape index (κ2) is 7.22. The summed E-state index contributed by atoms with van der Waals surface area (Å²) in [6.07, 6.45) is 1.32. The number of nitrogens with one attached hydrogen (secondary N) is 1. The number of furan rings is 1. The van der Waals surface area contributed by atoms with Crippen molar-refractivity contribution in [1.82, 2.24) is 5.32 Å². The van der Waals surface area contributed by atoms with Gasteiger partial charge in [-0.1, -0.05) is 0 Å². The Morgan fingerprint density at radius 3 is 2.57 bits per heavy atom. The lowest BCUT2D eigenvalue weighted by Crippen LogP contribution is -2.39. The molecule has 1 rings (SSSR count). The van der Waals surface area contributed by atoms with Gasteiger partial charge in [-0.2, -0.15) is 0 Å². The quantitative estimate of drug-likeness (QED) is 0.370. The summed E-state index contributed by atoms with van der Waals surface area (Å²) in [6.45, 7) is 5.02. The molecule has 0 radical (unpaired) electrons. The SMILES string of the molecule is CC(C)NC(=O)[C@H](C)OC(=O)/C=C/c1ccc([N+](=O)[O-])o1. The molecule has 0 aromatic carbocycles. The monoisotopic (exact) mass is 296 g/mol. The van der Waals surface area contributed by atoms with E-state index in [1.165, 1.54) is 25.1 Å². The molecule has 0 saturated heterocycles. The highest BCUT2D eigenvalue weighted by Crippen LogP contribution is 2.16. The number of rotatable bonds is 6. The molecule has 1 N–H and O–H groups in total. The van der Waals surface area contributed by atoms with Crippen molar-refractivity contribution >= 4 is 23.8 Å². The van der Waals surface area contributed by atoms with E-state index in [0.29, 0.717) is 0 Å². The first-order chi connectivity index (χ1) is 9.79. The standard InChI is InChI=1S/C13H16N2O6/c1-8(2)14-13(17)9(3)20-12(16)7-5-10-4-6-11(21-10)15(18)19/h4-9H,1-3H3,(H,14,17)/b7-5+/t9-/m0/s1. The molecular weight excluding hydrogens is 280 g/mol. The molecule has 21 heavy (non-hydrogen) atoms. The van der Waals surface area contributed by atoms with E-state index in [0.717, 1.165) is 6.08 Å². The van der Waals surface area contributed by atoms with Gasteiger partial charge in [0.05, 0.1) is 6.07 Å². The van der Waals surface area contributed by atoms with Crippen LogP contribution in [0.4, 0.5) is 5.88 Å². The topological polar surface area (TPSA) is 112 Å². The molecule has 1 atom stereocenters. The Labute approximate surface area is 120 Å². The number of amides is 1. The number of carbonyl (C=O) groups is 2. The number of carbonyl (C=O) groups excluding carboxylic acids is 2. The van der Waals surface area contributed by atoms with E-state index in [4.69, 9.17) is 9.15 Å². The highest BCUT2D eigenvalue weighted by Gasteiger charge is 2.17. The summed E-state index contributed by atoms with van der Waals surface area (Å²) in [6, 6.07) is 2.46. The lowest BCUT2D eigenvalue weighted by molar-refractivity contribution is -0.402. The zero-order valence-corrected chi connectivity index (χ0v) is 11.9. The van der Waals surface area contributed by atoms with E-state index in [-0.39, 0.29) is 11.8 Å². The molecular formula is C13H16N2O6. The molecule has 8 nitrogen and oxygen atoms in total. The van der Waals surface area contributed by atoms with Crippen molar-refractivity contribution in [3.05, 3.63) is 34.1 Å². The van der Waals surface area contributed by atoms with E-state index in [2.05, 4.69) is 5.32 Å². The molecule has 0 unspecified atom stereocenters. The van der Waals surface area contributed by atoms with E-state index in [1.807, 2.05) is 0 Å². The number of hydrogen-bond donors (Lipinski definition) is 1. The van der Waals surface area contributed by atoms with Gasteiger partial charge >= 0.3 is 11.9 Å². The number of ether oxygens (including phenoxy) is 1. The van der Waals surface area contributed by atoms with Crippen molar-refractivity contribution < 1.29 is 23.7 Å². The summed E-state index contributed by atoms with van der Waals surface area (Å²) in [4.78, 5) is 32.8. The summed E-state index contributed by atoms with van der Waals surface area (Å²) in [5.41, 5.74) is 0. The molecule has 0 fully saturated rings. The summed E-state index contributed by atoms with van der Waals surface area (Å²) in [5.74, 6) is -1.44. The molecule has 1 heterocycles. The van der Waals surface area contributed by atoms with Crippen LogP contribution < -0.4 is 5.32 Å². The average molecular weight is 296 g/mol. The second-order valence-corrected chi connectivity index (χ2v) is 4.51. The van der Waals surface area contributed by atoms with Crippen LogP contribution in [-0.2, 0) is 14.3 Å². The predicted molar refractivity (Wildman–Crippen MR) is 73.2 cm³/mol. The summed E-state index contributed by atoms with van der Waals surface area (Å²) >= 11 is 0. The van der Waals surface area contributed by atoms with Crippen LogP contribution in [0.5, 0.6) is 0 Å². The van der Waals surface area contributed by atoms with Gasteiger partial charge < -0.3 is 14.5 Å². The molecule has 114 valence electrons. The molecule has 1 aromatic rings. The molecule has 0 bridgehead atoms. The maximum atomic E-state index is 11.5. The number of nitrogens with zero attached hydrogens (tertiary/aromatic N) is 1. The van der Waals surface area contributed by atoms with E-state index in [9.17, 15) is 19.7 Å². The summed E-state index contributed by atoms with van der Waals surface area (Å²) in [7, 11) is 0. The Morgan fingerprint density at radius 2 is 2.05 bits per heavy atom. The van der Waals surface area contributed by atoms with Crippen LogP contribution >= 0.6 is 0 Å². The molecule has 0 saturated carbocycles. The molecule has 0 aliphatic carbocycles. The van der Waals surface area contributed by atoms with Gasteiger partial charge in [-0.25, -0.2) is 4.79 Å². The van der Waals surface area contributed by atoms with Crippen LogP contribution in [-0.4, -0.2) is 28.9 Å². The van der Waals surface area contributed by atoms with Crippen molar-refractivity contribution in [2.24, 2.45) is 0 Å². The Hall–Kier alpha value is -2.64. The third-order valence-corrected chi connectivity index (χ3v) is 2.27. The maximum absolute atomic E-state index is 11.5. The van der Waals surface area contributed by atoms with Gasteiger partial charge in [0.1, 0.15) is 10.7 Å². The van der Waals surface area contributed by atoms with Gasteiger partial charge in [0, 0.05) is 12.1 Å².